The van der Waals surface area contributed by atoms with E-state index in [0.717, 1.165) is 10.7 Å². The molecule has 0 fully saturated rings. The van der Waals surface area contributed by atoms with Crippen LogP contribution < -0.4 is 5.56 Å². The van der Waals surface area contributed by atoms with E-state index in [0.29, 0.717) is 22.2 Å². The quantitative estimate of drug-likeness (QED) is 0.280. The third kappa shape index (κ3) is 2.08. The molecule has 3 aromatic rings. The Morgan fingerprint density at radius 2 is 1.73 bits per heavy atom. The number of halogens is 3. The van der Waals surface area contributed by atoms with Crippen LogP contribution in [-0.2, 0) is 0 Å². The summed E-state index contributed by atoms with van der Waals surface area (Å²) in [5.41, 5.74) is 1.56. The molecule has 0 aliphatic carbocycles. The van der Waals surface area contributed by atoms with Crippen LogP contribution in [-0.4, -0.2) is 15.3 Å². The molecule has 4 rings (SSSR count). The summed E-state index contributed by atoms with van der Waals surface area (Å²) >= 11 is 6.48. The number of carbonyl (C=O) groups is 1. The summed E-state index contributed by atoms with van der Waals surface area (Å²) in [7, 11) is 0. The average molecular weight is 626 g/mol. The minimum absolute atomic E-state index is 0.190. The summed E-state index contributed by atoms with van der Waals surface area (Å²) in [5.74, 6) is 0.00971. The monoisotopic (exact) mass is 626 g/mol. The van der Waals surface area contributed by atoms with Gasteiger partial charge in [0, 0.05) is 10.7 Å². The van der Waals surface area contributed by atoms with Crippen molar-refractivity contribution in [1.82, 2.24) is 9.55 Å². The van der Waals surface area contributed by atoms with Crippen molar-refractivity contribution in [2.45, 2.75) is 0 Å². The van der Waals surface area contributed by atoms with Crippen molar-refractivity contribution in [3.63, 3.8) is 0 Å². The molecular weight excluding hydrogens is 621 g/mol. The van der Waals surface area contributed by atoms with Crippen molar-refractivity contribution in [1.29, 1.82) is 0 Å². The SMILES string of the molecule is O=C1c2cc(I)ccc2-n2c1nc1c(I)cc(I)cc1c2=O. The average Bonchev–Trinajstić information content (AvgIpc) is 2.74. The smallest absolute Gasteiger partial charge is 0.266 e. The summed E-state index contributed by atoms with van der Waals surface area (Å²) < 4.78 is 4.24. The lowest BCUT2D eigenvalue weighted by molar-refractivity contribution is 0.103. The van der Waals surface area contributed by atoms with Crippen molar-refractivity contribution in [2.75, 3.05) is 0 Å². The second kappa shape index (κ2) is 5.23. The number of rotatable bonds is 0. The van der Waals surface area contributed by atoms with Crippen LogP contribution in [0.25, 0.3) is 16.6 Å². The van der Waals surface area contributed by atoms with E-state index >= 15 is 0 Å². The first-order chi connectivity index (χ1) is 10.5. The van der Waals surface area contributed by atoms with E-state index in [1.165, 1.54) is 4.57 Å². The number of ketones is 1. The molecule has 0 amide bonds. The van der Waals surface area contributed by atoms with Gasteiger partial charge in [0.05, 0.1) is 22.2 Å². The summed E-state index contributed by atoms with van der Waals surface area (Å²) in [4.78, 5) is 29.9. The van der Waals surface area contributed by atoms with Crippen molar-refractivity contribution < 1.29 is 4.79 Å². The van der Waals surface area contributed by atoms with Gasteiger partial charge in [-0.05, 0) is 98.1 Å². The van der Waals surface area contributed by atoms with Gasteiger partial charge in [-0.3, -0.25) is 14.2 Å². The number of carbonyl (C=O) groups excluding carboxylic acids is 1. The standard InChI is InChI=1S/C15H5I3N2O2/c16-6-1-2-11-8(3-6)13(21)14-19-12-9(15(22)20(11)14)4-7(17)5-10(12)18/h1-5H. The van der Waals surface area contributed by atoms with Crippen LogP contribution in [0.1, 0.15) is 16.2 Å². The van der Waals surface area contributed by atoms with Crippen molar-refractivity contribution in [2.24, 2.45) is 0 Å². The fraction of sp³-hybridized carbons (Fsp3) is 0. The molecule has 0 bridgehead atoms. The van der Waals surface area contributed by atoms with Crippen molar-refractivity contribution in [3.8, 4) is 5.69 Å². The minimum Gasteiger partial charge on any atom is -0.285 e. The molecule has 0 unspecified atom stereocenters. The minimum atomic E-state index is -0.193. The lowest BCUT2D eigenvalue weighted by Gasteiger charge is -2.07. The van der Waals surface area contributed by atoms with Crippen LogP contribution >= 0.6 is 67.8 Å². The third-order valence-electron chi connectivity index (χ3n) is 3.54. The summed E-state index contributed by atoms with van der Waals surface area (Å²) in [6.07, 6.45) is 0. The number of nitrogens with zero attached hydrogens (tertiary/aromatic N) is 2. The molecule has 22 heavy (non-hydrogen) atoms. The van der Waals surface area contributed by atoms with Crippen molar-refractivity contribution in [3.05, 3.63) is 62.8 Å². The van der Waals surface area contributed by atoms with Crippen LogP contribution in [0.15, 0.2) is 35.1 Å². The molecule has 108 valence electrons. The highest BCUT2D eigenvalue weighted by Gasteiger charge is 2.30. The largest absolute Gasteiger partial charge is 0.285 e. The number of benzene rings is 2. The van der Waals surface area contributed by atoms with Gasteiger partial charge in [0.15, 0.2) is 5.82 Å². The highest BCUT2D eigenvalue weighted by atomic mass is 127. The maximum Gasteiger partial charge on any atom is 0.266 e. The zero-order valence-electron chi connectivity index (χ0n) is 10.7. The van der Waals surface area contributed by atoms with E-state index in [1.54, 1.807) is 12.1 Å². The highest BCUT2D eigenvalue weighted by molar-refractivity contribution is 14.1. The summed E-state index contributed by atoms with van der Waals surface area (Å²) in [6.45, 7) is 0. The molecule has 2 heterocycles. The molecular formula is C15H5I3N2O2. The van der Waals surface area contributed by atoms with Crippen molar-refractivity contribution >= 4 is 84.5 Å². The Kier molecular flexibility index (Phi) is 3.56. The van der Waals surface area contributed by atoms with Crippen LogP contribution in [0.2, 0.25) is 0 Å². The number of hydrogen-bond donors (Lipinski definition) is 0. The lowest BCUT2D eigenvalue weighted by Crippen LogP contribution is -2.22. The molecule has 0 atom stereocenters. The van der Waals surface area contributed by atoms with Gasteiger partial charge < -0.3 is 0 Å². The second-order valence-corrected chi connectivity index (χ2v) is 8.50. The van der Waals surface area contributed by atoms with Gasteiger partial charge in [0.1, 0.15) is 0 Å². The molecule has 1 aliphatic heterocycles. The summed E-state index contributed by atoms with van der Waals surface area (Å²) in [5, 5.41) is 0.541. The van der Waals surface area contributed by atoms with E-state index in [-0.39, 0.29) is 17.2 Å². The molecule has 1 aromatic heterocycles. The van der Waals surface area contributed by atoms with E-state index in [9.17, 15) is 9.59 Å². The van der Waals surface area contributed by atoms with Gasteiger partial charge in [0.25, 0.3) is 5.56 Å². The molecule has 0 saturated carbocycles. The molecule has 0 saturated heterocycles. The Labute approximate surface area is 165 Å². The molecule has 2 aromatic carbocycles. The normalized spacial score (nSPS) is 12.6. The Morgan fingerprint density at radius 1 is 0.955 bits per heavy atom. The predicted octanol–water partition coefficient (Wildman–Crippen LogP) is 3.74. The fourth-order valence-electron chi connectivity index (χ4n) is 2.60. The first-order valence-electron chi connectivity index (χ1n) is 6.24. The molecule has 0 radical (unpaired) electrons. The van der Waals surface area contributed by atoms with Gasteiger partial charge in [-0.2, -0.15) is 0 Å². The van der Waals surface area contributed by atoms with Crippen LogP contribution in [0.3, 0.4) is 0 Å². The Morgan fingerprint density at radius 3 is 2.50 bits per heavy atom. The highest BCUT2D eigenvalue weighted by Crippen LogP contribution is 2.29. The van der Waals surface area contributed by atoms with E-state index in [1.807, 2.05) is 18.2 Å². The number of hydrogen-bond acceptors (Lipinski definition) is 3. The maximum atomic E-state index is 12.9. The third-order valence-corrected chi connectivity index (χ3v) is 5.65. The first-order valence-corrected chi connectivity index (χ1v) is 9.47. The molecule has 0 spiro atoms. The van der Waals surface area contributed by atoms with Gasteiger partial charge in [-0.15, -0.1) is 0 Å². The number of aromatic nitrogens is 2. The maximum absolute atomic E-state index is 12.9. The lowest BCUT2D eigenvalue weighted by atomic mass is 10.1. The molecule has 7 heteroatoms. The number of fused-ring (bicyclic) bond motifs is 4. The predicted molar refractivity (Wildman–Crippen MR) is 109 cm³/mol. The molecule has 1 aliphatic rings. The van der Waals surface area contributed by atoms with Gasteiger partial charge in [-0.1, -0.05) is 0 Å². The summed E-state index contributed by atoms with van der Waals surface area (Å²) in [6, 6.07) is 9.25. The topological polar surface area (TPSA) is 52.0 Å². The van der Waals surface area contributed by atoms with E-state index < -0.39 is 0 Å². The van der Waals surface area contributed by atoms with Gasteiger partial charge in [0.2, 0.25) is 5.78 Å². The zero-order valence-corrected chi connectivity index (χ0v) is 17.2. The zero-order chi connectivity index (χ0) is 15.6. The Hall–Kier alpha value is -0.560. The van der Waals surface area contributed by atoms with Crippen LogP contribution in [0, 0.1) is 10.7 Å². The van der Waals surface area contributed by atoms with E-state index in [4.69, 9.17) is 0 Å². The van der Waals surface area contributed by atoms with Crippen LogP contribution in [0.4, 0.5) is 0 Å². The van der Waals surface area contributed by atoms with Gasteiger partial charge in [-0.25, -0.2) is 4.98 Å². The first kappa shape index (κ1) is 15.0. The Bertz CT molecular complexity index is 1060. The van der Waals surface area contributed by atoms with Crippen LogP contribution in [0.5, 0.6) is 0 Å². The Balaban J connectivity index is 2.20. The second-order valence-electron chi connectivity index (χ2n) is 4.85. The van der Waals surface area contributed by atoms with E-state index in [2.05, 4.69) is 72.8 Å². The molecule has 4 nitrogen and oxygen atoms in total. The van der Waals surface area contributed by atoms with Gasteiger partial charge >= 0.3 is 0 Å². The molecule has 0 N–H and O–H groups in total. The fourth-order valence-corrected chi connectivity index (χ4v) is 5.05.